The summed E-state index contributed by atoms with van der Waals surface area (Å²) in [5, 5.41) is 4.08. The molecule has 1 N–H and O–H groups in total. The molecule has 3 aromatic rings. The number of carbonyl (C=O) groups is 1. The highest BCUT2D eigenvalue weighted by molar-refractivity contribution is 7.20. The van der Waals surface area contributed by atoms with E-state index in [1.807, 2.05) is 26.0 Å². The summed E-state index contributed by atoms with van der Waals surface area (Å²) in [4.78, 5) is 26.1. The van der Waals surface area contributed by atoms with Crippen molar-refractivity contribution in [1.82, 2.24) is 15.3 Å². The molecule has 0 unspecified atom stereocenters. The van der Waals surface area contributed by atoms with E-state index in [1.54, 1.807) is 0 Å². The van der Waals surface area contributed by atoms with Crippen molar-refractivity contribution in [3.8, 4) is 0 Å². The lowest BCUT2D eigenvalue weighted by atomic mass is 10.1. The molecule has 2 aromatic heterocycles. The van der Waals surface area contributed by atoms with Gasteiger partial charge in [-0.15, -0.1) is 11.3 Å². The summed E-state index contributed by atoms with van der Waals surface area (Å²) in [5.74, 6) is 1.71. The number of rotatable bonds is 4. The maximum Gasteiger partial charge on any atom is 0.261 e. The third kappa shape index (κ3) is 3.54. The number of nitrogens with one attached hydrogen (secondary N) is 1. The molecule has 6 heteroatoms. The van der Waals surface area contributed by atoms with Gasteiger partial charge in [0.15, 0.2) is 0 Å². The zero-order valence-electron chi connectivity index (χ0n) is 16.0. The number of fused-ring (bicyclic) bond motifs is 1. The van der Waals surface area contributed by atoms with Crippen LogP contribution >= 0.6 is 11.3 Å². The smallest absolute Gasteiger partial charge is 0.261 e. The Kier molecular flexibility index (Phi) is 4.83. The van der Waals surface area contributed by atoms with Gasteiger partial charge >= 0.3 is 0 Å². The second-order valence-corrected chi connectivity index (χ2v) is 8.19. The Morgan fingerprint density at radius 1 is 1.11 bits per heavy atom. The molecule has 0 saturated carbocycles. The molecule has 1 saturated heterocycles. The number of carbonyl (C=O) groups excluding carboxylic acids is 1. The van der Waals surface area contributed by atoms with Crippen molar-refractivity contribution < 1.29 is 4.79 Å². The average Bonchev–Trinajstić information content (AvgIpc) is 3.29. The molecule has 4 rings (SSSR count). The van der Waals surface area contributed by atoms with Gasteiger partial charge in [-0.1, -0.05) is 29.8 Å². The van der Waals surface area contributed by atoms with E-state index in [4.69, 9.17) is 4.98 Å². The Morgan fingerprint density at radius 2 is 1.81 bits per heavy atom. The molecular weight excluding hydrogens is 356 g/mol. The molecule has 140 valence electrons. The second-order valence-electron chi connectivity index (χ2n) is 7.19. The van der Waals surface area contributed by atoms with Crippen LogP contribution in [0.2, 0.25) is 0 Å². The minimum Gasteiger partial charge on any atom is -0.356 e. The number of amides is 1. The van der Waals surface area contributed by atoms with E-state index >= 15 is 0 Å². The number of thiophene rings is 1. The number of aryl methyl sites for hydroxylation is 3. The van der Waals surface area contributed by atoms with Crippen molar-refractivity contribution in [3.05, 3.63) is 51.7 Å². The zero-order chi connectivity index (χ0) is 19.0. The highest BCUT2D eigenvalue weighted by Gasteiger charge is 2.24. The first kappa shape index (κ1) is 17.9. The minimum absolute atomic E-state index is 0.0406. The quantitative estimate of drug-likeness (QED) is 0.739. The Bertz CT molecular complexity index is 988. The molecule has 0 bridgehead atoms. The molecule has 27 heavy (non-hydrogen) atoms. The third-order valence-electron chi connectivity index (χ3n) is 5.07. The van der Waals surface area contributed by atoms with Crippen molar-refractivity contribution in [2.75, 3.05) is 18.0 Å². The van der Waals surface area contributed by atoms with Crippen molar-refractivity contribution in [1.29, 1.82) is 0 Å². The molecule has 0 aliphatic carbocycles. The van der Waals surface area contributed by atoms with Gasteiger partial charge in [0.2, 0.25) is 0 Å². The first-order valence-electron chi connectivity index (χ1n) is 9.39. The average molecular weight is 381 g/mol. The predicted molar refractivity (Wildman–Crippen MR) is 111 cm³/mol. The summed E-state index contributed by atoms with van der Waals surface area (Å²) >= 11 is 1.47. The highest BCUT2D eigenvalue weighted by atomic mass is 32.1. The van der Waals surface area contributed by atoms with Gasteiger partial charge in [0, 0.05) is 19.6 Å². The van der Waals surface area contributed by atoms with E-state index in [0.29, 0.717) is 6.54 Å². The van der Waals surface area contributed by atoms with Crippen LogP contribution in [0.5, 0.6) is 0 Å². The molecule has 1 fully saturated rings. The lowest BCUT2D eigenvalue weighted by Crippen LogP contribution is -2.22. The summed E-state index contributed by atoms with van der Waals surface area (Å²) in [6.07, 6.45) is 2.38. The SMILES string of the molecule is Cc1ccc(CNC(=O)c2sc3nc(C)nc(N4CCCC4)c3c2C)cc1. The Morgan fingerprint density at radius 3 is 2.52 bits per heavy atom. The van der Waals surface area contributed by atoms with Crippen LogP contribution in [-0.4, -0.2) is 29.0 Å². The minimum atomic E-state index is -0.0406. The topological polar surface area (TPSA) is 58.1 Å². The number of nitrogens with zero attached hydrogens (tertiary/aromatic N) is 3. The lowest BCUT2D eigenvalue weighted by Gasteiger charge is -2.18. The number of anilines is 1. The fourth-order valence-corrected chi connectivity index (χ4v) is 4.70. The molecular formula is C21H24N4OS. The van der Waals surface area contributed by atoms with Crippen LogP contribution in [0, 0.1) is 20.8 Å². The molecule has 0 spiro atoms. The Labute approximate surface area is 163 Å². The Hall–Kier alpha value is -2.47. The fraction of sp³-hybridized carbons (Fsp3) is 0.381. The van der Waals surface area contributed by atoms with Crippen LogP contribution in [0.15, 0.2) is 24.3 Å². The van der Waals surface area contributed by atoms with E-state index in [-0.39, 0.29) is 5.91 Å². The van der Waals surface area contributed by atoms with E-state index in [0.717, 1.165) is 51.0 Å². The van der Waals surface area contributed by atoms with E-state index in [9.17, 15) is 4.79 Å². The van der Waals surface area contributed by atoms with Crippen LogP contribution in [0.4, 0.5) is 5.82 Å². The third-order valence-corrected chi connectivity index (χ3v) is 6.25. The standard InChI is InChI=1S/C21H24N4OS/c1-13-6-8-16(9-7-13)12-22-20(26)18-14(2)17-19(25-10-4-5-11-25)23-15(3)24-21(17)27-18/h6-9H,4-5,10-12H2,1-3H3,(H,22,26). The fourth-order valence-electron chi connectivity index (χ4n) is 3.56. The van der Waals surface area contributed by atoms with Gasteiger partial charge in [0.25, 0.3) is 5.91 Å². The summed E-state index contributed by atoms with van der Waals surface area (Å²) < 4.78 is 0. The molecule has 0 atom stereocenters. The van der Waals surface area contributed by atoms with Crippen LogP contribution in [0.25, 0.3) is 10.2 Å². The van der Waals surface area contributed by atoms with Gasteiger partial charge in [-0.25, -0.2) is 9.97 Å². The Balaban J connectivity index is 1.63. The zero-order valence-corrected chi connectivity index (χ0v) is 16.8. The maximum absolute atomic E-state index is 12.8. The van der Waals surface area contributed by atoms with Gasteiger partial charge in [-0.2, -0.15) is 0 Å². The first-order valence-corrected chi connectivity index (χ1v) is 10.2. The largest absolute Gasteiger partial charge is 0.356 e. The lowest BCUT2D eigenvalue weighted by molar-refractivity contribution is 0.0954. The number of benzene rings is 1. The van der Waals surface area contributed by atoms with Crippen molar-refractivity contribution in [2.45, 2.75) is 40.2 Å². The van der Waals surface area contributed by atoms with Crippen molar-refractivity contribution in [3.63, 3.8) is 0 Å². The predicted octanol–water partition coefficient (Wildman–Crippen LogP) is 4.15. The normalized spacial score (nSPS) is 14.1. The second kappa shape index (κ2) is 7.27. The van der Waals surface area contributed by atoms with Gasteiger partial charge in [0.05, 0.1) is 10.3 Å². The van der Waals surface area contributed by atoms with Gasteiger partial charge in [-0.3, -0.25) is 4.79 Å². The number of hydrogen-bond acceptors (Lipinski definition) is 5. The number of aromatic nitrogens is 2. The summed E-state index contributed by atoms with van der Waals surface area (Å²) in [5.41, 5.74) is 3.30. The van der Waals surface area contributed by atoms with Gasteiger partial charge in [0.1, 0.15) is 16.5 Å². The molecule has 0 radical (unpaired) electrons. The number of hydrogen-bond donors (Lipinski definition) is 1. The van der Waals surface area contributed by atoms with Gasteiger partial charge < -0.3 is 10.2 Å². The molecule has 3 heterocycles. The van der Waals surface area contributed by atoms with Crippen LogP contribution in [0.1, 0.15) is 45.0 Å². The van der Waals surface area contributed by atoms with E-state index < -0.39 is 0 Å². The molecule has 1 aliphatic rings. The summed E-state index contributed by atoms with van der Waals surface area (Å²) in [7, 11) is 0. The monoisotopic (exact) mass is 380 g/mol. The molecule has 1 aromatic carbocycles. The maximum atomic E-state index is 12.8. The van der Waals surface area contributed by atoms with Crippen molar-refractivity contribution in [2.24, 2.45) is 0 Å². The van der Waals surface area contributed by atoms with Crippen LogP contribution < -0.4 is 10.2 Å². The molecule has 1 amide bonds. The molecule has 1 aliphatic heterocycles. The van der Waals surface area contributed by atoms with E-state index in [2.05, 4.69) is 34.3 Å². The van der Waals surface area contributed by atoms with E-state index in [1.165, 1.54) is 29.7 Å². The molecule has 5 nitrogen and oxygen atoms in total. The van der Waals surface area contributed by atoms with Gasteiger partial charge in [-0.05, 0) is 44.7 Å². The first-order chi connectivity index (χ1) is 13.0. The summed E-state index contributed by atoms with van der Waals surface area (Å²) in [6.45, 7) is 8.56. The summed E-state index contributed by atoms with van der Waals surface area (Å²) in [6, 6.07) is 8.22. The van der Waals surface area contributed by atoms with Crippen molar-refractivity contribution >= 4 is 33.3 Å². The highest BCUT2D eigenvalue weighted by Crippen LogP contribution is 2.36. The van der Waals surface area contributed by atoms with Crippen LogP contribution in [-0.2, 0) is 6.54 Å². The van der Waals surface area contributed by atoms with Crippen LogP contribution in [0.3, 0.4) is 0 Å².